The van der Waals surface area contributed by atoms with Crippen LogP contribution in [0.3, 0.4) is 0 Å². The van der Waals surface area contributed by atoms with Crippen molar-refractivity contribution in [3.8, 4) is 0 Å². The van der Waals surface area contributed by atoms with Gasteiger partial charge in [0.15, 0.2) is 0 Å². The molecule has 28 heavy (non-hydrogen) atoms. The number of halogens is 1. The minimum absolute atomic E-state index is 0.118. The van der Waals surface area contributed by atoms with Crippen molar-refractivity contribution in [2.24, 2.45) is 0 Å². The maximum absolute atomic E-state index is 13.2. The van der Waals surface area contributed by atoms with Crippen molar-refractivity contribution in [2.45, 2.75) is 11.8 Å². The number of para-hydroxylation sites is 2. The lowest BCUT2D eigenvalue weighted by Crippen LogP contribution is -2.38. The number of amides is 1. The first-order valence-electron chi connectivity index (χ1n) is 8.57. The third kappa shape index (κ3) is 4.52. The van der Waals surface area contributed by atoms with E-state index in [1.807, 2.05) is 6.92 Å². The van der Waals surface area contributed by atoms with Crippen LogP contribution < -0.4 is 9.62 Å². The second kappa shape index (κ2) is 8.46. The molecule has 0 bridgehead atoms. The molecular weight excluding hydrogens is 396 g/mol. The molecule has 0 aliphatic carbocycles. The first-order chi connectivity index (χ1) is 13.4. The molecule has 1 N–H and O–H groups in total. The van der Waals surface area contributed by atoms with Gasteiger partial charge in [-0.25, -0.2) is 8.42 Å². The van der Waals surface area contributed by atoms with E-state index in [-0.39, 0.29) is 11.4 Å². The van der Waals surface area contributed by atoms with Crippen molar-refractivity contribution in [3.63, 3.8) is 0 Å². The number of nitrogens with zero attached hydrogens (tertiary/aromatic N) is 1. The van der Waals surface area contributed by atoms with Crippen LogP contribution >= 0.6 is 11.6 Å². The molecule has 0 aromatic heterocycles. The lowest BCUT2D eigenvalue weighted by molar-refractivity contribution is -0.114. The number of carbonyl (C=O) groups excluding carboxylic acids is 1. The van der Waals surface area contributed by atoms with Crippen LogP contribution in [-0.2, 0) is 14.8 Å². The topological polar surface area (TPSA) is 66.5 Å². The number of hydrogen-bond acceptors (Lipinski definition) is 3. The molecule has 0 saturated heterocycles. The normalized spacial score (nSPS) is 11.1. The van der Waals surface area contributed by atoms with E-state index in [2.05, 4.69) is 5.32 Å². The Kier molecular flexibility index (Phi) is 6.02. The van der Waals surface area contributed by atoms with Crippen molar-refractivity contribution in [1.29, 1.82) is 0 Å². The van der Waals surface area contributed by atoms with Crippen LogP contribution in [0.15, 0.2) is 83.8 Å². The number of rotatable bonds is 6. The highest BCUT2D eigenvalue weighted by Crippen LogP contribution is 2.25. The highest BCUT2D eigenvalue weighted by Gasteiger charge is 2.27. The molecule has 7 heteroatoms. The predicted molar refractivity (Wildman–Crippen MR) is 112 cm³/mol. The summed E-state index contributed by atoms with van der Waals surface area (Å²) in [4.78, 5) is 12.7. The lowest BCUT2D eigenvalue weighted by atomic mass is 10.2. The average molecular weight is 415 g/mol. The fourth-order valence-corrected chi connectivity index (χ4v) is 4.23. The molecule has 0 spiro atoms. The zero-order valence-corrected chi connectivity index (χ0v) is 16.7. The summed E-state index contributed by atoms with van der Waals surface area (Å²) in [6, 6.07) is 21.8. The highest BCUT2D eigenvalue weighted by molar-refractivity contribution is 7.92. The van der Waals surface area contributed by atoms with Crippen LogP contribution in [0.4, 0.5) is 11.4 Å². The van der Waals surface area contributed by atoms with Gasteiger partial charge in [0, 0.05) is 0 Å². The zero-order valence-electron chi connectivity index (χ0n) is 15.2. The highest BCUT2D eigenvalue weighted by atomic mass is 35.5. The molecule has 3 aromatic rings. The van der Waals surface area contributed by atoms with E-state index in [1.165, 1.54) is 12.1 Å². The van der Waals surface area contributed by atoms with Gasteiger partial charge in [0.2, 0.25) is 5.91 Å². The standard InChI is InChI=1S/C21H19ClN2O3S/c1-16-11-13-18(14-12-16)28(26,27)24(17-7-3-2-4-8-17)15-21(25)23-20-10-6-5-9-19(20)22/h2-14H,15H2,1H3,(H,23,25). The third-order valence-corrected chi connectivity index (χ3v) is 6.21. The Labute approximate surface area is 169 Å². The van der Waals surface area contributed by atoms with E-state index in [0.29, 0.717) is 16.4 Å². The number of sulfonamides is 1. The molecule has 0 fully saturated rings. The van der Waals surface area contributed by atoms with Crippen LogP contribution in [0.2, 0.25) is 5.02 Å². The van der Waals surface area contributed by atoms with E-state index < -0.39 is 15.9 Å². The average Bonchev–Trinajstić information content (AvgIpc) is 2.69. The first kappa shape index (κ1) is 19.9. The van der Waals surface area contributed by atoms with Crippen LogP contribution in [-0.4, -0.2) is 20.9 Å². The van der Waals surface area contributed by atoms with Gasteiger partial charge >= 0.3 is 0 Å². The fourth-order valence-electron chi connectivity index (χ4n) is 2.63. The SMILES string of the molecule is Cc1ccc(S(=O)(=O)N(CC(=O)Nc2ccccc2Cl)c2ccccc2)cc1. The number of hydrogen-bond donors (Lipinski definition) is 1. The van der Waals surface area contributed by atoms with Crippen molar-refractivity contribution in [3.05, 3.63) is 89.4 Å². The molecule has 5 nitrogen and oxygen atoms in total. The van der Waals surface area contributed by atoms with Crippen LogP contribution in [0, 0.1) is 6.92 Å². The Bertz CT molecular complexity index is 1070. The molecule has 144 valence electrons. The summed E-state index contributed by atoms with van der Waals surface area (Å²) >= 11 is 6.08. The Morgan fingerprint density at radius 2 is 1.54 bits per heavy atom. The molecular formula is C21H19ClN2O3S. The molecule has 0 unspecified atom stereocenters. The maximum atomic E-state index is 13.2. The summed E-state index contributed by atoms with van der Waals surface area (Å²) in [6.07, 6.45) is 0. The monoisotopic (exact) mass is 414 g/mol. The minimum Gasteiger partial charge on any atom is -0.323 e. The predicted octanol–water partition coefficient (Wildman–Crippen LogP) is 4.48. The summed E-state index contributed by atoms with van der Waals surface area (Å²) in [6.45, 7) is 1.49. The Balaban J connectivity index is 1.93. The summed E-state index contributed by atoms with van der Waals surface area (Å²) in [5.41, 5.74) is 1.77. The summed E-state index contributed by atoms with van der Waals surface area (Å²) in [7, 11) is -3.93. The molecule has 0 aliphatic rings. The fraction of sp³-hybridized carbons (Fsp3) is 0.0952. The number of aryl methyl sites for hydroxylation is 1. The lowest BCUT2D eigenvalue weighted by Gasteiger charge is -2.24. The van der Waals surface area contributed by atoms with Crippen molar-refractivity contribution in [1.82, 2.24) is 0 Å². The van der Waals surface area contributed by atoms with Gasteiger partial charge in [0.25, 0.3) is 10.0 Å². The summed E-state index contributed by atoms with van der Waals surface area (Å²) < 4.78 is 27.5. The van der Waals surface area contributed by atoms with Gasteiger partial charge in [-0.15, -0.1) is 0 Å². The molecule has 0 radical (unpaired) electrons. The maximum Gasteiger partial charge on any atom is 0.264 e. The van der Waals surface area contributed by atoms with Gasteiger partial charge in [-0.2, -0.15) is 0 Å². The molecule has 3 aromatic carbocycles. The van der Waals surface area contributed by atoms with Gasteiger partial charge in [-0.1, -0.05) is 59.6 Å². The van der Waals surface area contributed by atoms with Crippen LogP contribution in [0.25, 0.3) is 0 Å². The smallest absolute Gasteiger partial charge is 0.264 e. The number of carbonyl (C=O) groups is 1. The Morgan fingerprint density at radius 1 is 0.929 bits per heavy atom. The first-order valence-corrected chi connectivity index (χ1v) is 10.4. The van der Waals surface area contributed by atoms with Gasteiger partial charge < -0.3 is 5.32 Å². The number of nitrogens with one attached hydrogen (secondary N) is 1. The second-order valence-electron chi connectivity index (χ2n) is 6.19. The Hall–Kier alpha value is -2.83. The summed E-state index contributed by atoms with van der Waals surface area (Å²) in [5, 5.41) is 3.04. The van der Waals surface area contributed by atoms with Crippen molar-refractivity contribution >= 4 is 38.9 Å². The molecule has 0 atom stereocenters. The largest absolute Gasteiger partial charge is 0.323 e. The molecule has 0 saturated carbocycles. The van der Waals surface area contributed by atoms with Gasteiger partial charge in [0.05, 0.1) is 21.3 Å². The minimum atomic E-state index is -3.93. The molecule has 0 aliphatic heterocycles. The van der Waals surface area contributed by atoms with Crippen molar-refractivity contribution < 1.29 is 13.2 Å². The van der Waals surface area contributed by atoms with Gasteiger partial charge in [-0.05, 0) is 43.3 Å². The molecule has 0 heterocycles. The van der Waals surface area contributed by atoms with E-state index in [9.17, 15) is 13.2 Å². The van der Waals surface area contributed by atoms with E-state index in [1.54, 1.807) is 66.7 Å². The molecule has 3 rings (SSSR count). The number of anilines is 2. The molecule has 1 amide bonds. The number of benzene rings is 3. The van der Waals surface area contributed by atoms with E-state index in [4.69, 9.17) is 11.6 Å². The summed E-state index contributed by atoms with van der Waals surface area (Å²) in [5.74, 6) is -0.493. The van der Waals surface area contributed by atoms with Crippen LogP contribution in [0.5, 0.6) is 0 Å². The third-order valence-electron chi connectivity index (χ3n) is 4.09. The quantitative estimate of drug-likeness (QED) is 0.646. The van der Waals surface area contributed by atoms with Crippen LogP contribution in [0.1, 0.15) is 5.56 Å². The zero-order chi connectivity index (χ0) is 20.1. The van der Waals surface area contributed by atoms with Crippen molar-refractivity contribution in [2.75, 3.05) is 16.2 Å². The van der Waals surface area contributed by atoms with Gasteiger partial charge in [0.1, 0.15) is 6.54 Å². The van der Waals surface area contributed by atoms with E-state index >= 15 is 0 Å². The Morgan fingerprint density at radius 3 is 2.18 bits per heavy atom. The van der Waals surface area contributed by atoms with E-state index in [0.717, 1.165) is 9.87 Å². The van der Waals surface area contributed by atoms with Gasteiger partial charge in [-0.3, -0.25) is 9.10 Å². The second-order valence-corrected chi connectivity index (χ2v) is 8.46.